The molecule has 0 saturated heterocycles. The average Bonchev–Trinajstić information content (AvgIpc) is 2.96. The molecule has 2 rings (SSSR count). The van der Waals surface area contributed by atoms with Gasteiger partial charge in [-0.1, -0.05) is 0 Å². The van der Waals surface area contributed by atoms with E-state index < -0.39 is 0 Å². The van der Waals surface area contributed by atoms with Crippen LogP contribution in [0.1, 0.15) is 27.5 Å². The number of aliphatic hydroxyl groups is 1. The lowest BCUT2D eigenvalue weighted by molar-refractivity contribution is 0.0955. The average molecular weight is 278 g/mol. The first-order valence-electron chi connectivity index (χ1n) is 6.27. The van der Waals surface area contributed by atoms with E-state index in [0.29, 0.717) is 17.8 Å². The SMILES string of the molecule is Cc1ccc(C)n1-c1ccsc1C(=O)NCCCO. The summed E-state index contributed by atoms with van der Waals surface area (Å²) in [6.45, 7) is 4.64. The fourth-order valence-corrected chi connectivity index (χ4v) is 2.85. The molecule has 2 heterocycles. The van der Waals surface area contributed by atoms with Crippen molar-refractivity contribution in [2.45, 2.75) is 20.3 Å². The maximum absolute atomic E-state index is 12.1. The molecule has 2 N–H and O–H groups in total. The van der Waals surface area contributed by atoms with Crippen LogP contribution in [0.15, 0.2) is 23.6 Å². The first kappa shape index (κ1) is 13.8. The van der Waals surface area contributed by atoms with Crippen molar-refractivity contribution in [1.82, 2.24) is 9.88 Å². The summed E-state index contributed by atoms with van der Waals surface area (Å²) in [5.41, 5.74) is 3.15. The van der Waals surface area contributed by atoms with Crippen molar-refractivity contribution in [3.8, 4) is 5.69 Å². The summed E-state index contributed by atoms with van der Waals surface area (Å²) in [5, 5.41) is 13.5. The molecule has 0 bridgehead atoms. The van der Waals surface area contributed by atoms with E-state index in [1.165, 1.54) is 11.3 Å². The lowest BCUT2D eigenvalue weighted by Crippen LogP contribution is -2.25. The Morgan fingerprint density at radius 3 is 2.63 bits per heavy atom. The van der Waals surface area contributed by atoms with Crippen LogP contribution in [-0.4, -0.2) is 28.7 Å². The van der Waals surface area contributed by atoms with Crippen molar-refractivity contribution in [3.05, 3.63) is 39.8 Å². The standard InChI is InChI=1S/C14H18N2O2S/c1-10-4-5-11(2)16(10)12-6-9-19-13(12)14(18)15-7-3-8-17/h4-6,9,17H,3,7-8H2,1-2H3,(H,15,18). The number of rotatable bonds is 5. The van der Waals surface area contributed by atoms with Gasteiger partial charge in [0.15, 0.2) is 0 Å². The number of hydrogen-bond donors (Lipinski definition) is 2. The lowest BCUT2D eigenvalue weighted by Gasteiger charge is -2.10. The van der Waals surface area contributed by atoms with Crippen LogP contribution in [0.25, 0.3) is 5.69 Å². The predicted octanol–water partition coefficient (Wildman–Crippen LogP) is 2.27. The summed E-state index contributed by atoms with van der Waals surface area (Å²) in [7, 11) is 0. The molecule has 0 aromatic carbocycles. The van der Waals surface area contributed by atoms with Crippen LogP contribution in [0.5, 0.6) is 0 Å². The van der Waals surface area contributed by atoms with Crippen molar-refractivity contribution in [1.29, 1.82) is 0 Å². The van der Waals surface area contributed by atoms with E-state index in [0.717, 1.165) is 17.1 Å². The van der Waals surface area contributed by atoms with E-state index >= 15 is 0 Å². The molecular weight excluding hydrogens is 260 g/mol. The van der Waals surface area contributed by atoms with Gasteiger partial charge < -0.3 is 15.0 Å². The molecule has 2 aromatic heterocycles. The molecule has 102 valence electrons. The molecule has 4 nitrogen and oxygen atoms in total. The first-order valence-corrected chi connectivity index (χ1v) is 7.15. The molecule has 0 atom stereocenters. The second kappa shape index (κ2) is 6.04. The molecule has 5 heteroatoms. The third-order valence-corrected chi connectivity index (χ3v) is 3.89. The summed E-state index contributed by atoms with van der Waals surface area (Å²) >= 11 is 1.44. The normalized spacial score (nSPS) is 10.7. The van der Waals surface area contributed by atoms with Crippen molar-refractivity contribution in [2.75, 3.05) is 13.2 Å². The number of carbonyl (C=O) groups excluding carboxylic acids is 1. The van der Waals surface area contributed by atoms with Gasteiger partial charge >= 0.3 is 0 Å². The fourth-order valence-electron chi connectivity index (χ4n) is 2.06. The number of thiophene rings is 1. The van der Waals surface area contributed by atoms with E-state index in [1.54, 1.807) is 0 Å². The van der Waals surface area contributed by atoms with Crippen molar-refractivity contribution in [2.24, 2.45) is 0 Å². The van der Waals surface area contributed by atoms with Gasteiger partial charge in [0.2, 0.25) is 0 Å². The molecule has 0 unspecified atom stereocenters. The third-order valence-electron chi connectivity index (χ3n) is 2.98. The number of aromatic nitrogens is 1. The summed E-state index contributed by atoms with van der Waals surface area (Å²) in [6.07, 6.45) is 0.577. The summed E-state index contributed by atoms with van der Waals surface area (Å²) < 4.78 is 2.08. The number of nitrogens with zero attached hydrogens (tertiary/aromatic N) is 1. The Bertz CT molecular complexity index is 552. The Morgan fingerprint density at radius 1 is 1.32 bits per heavy atom. The second-order valence-corrected chi connectivity index (χ2v) is 5.34. The van der Waals surface area contributed by atoms with E-state index in [9.17, 15) is 4.79 Å². The highest BCUT2D eigenvalue weighted by molar-refractivity contribution is 7.12. The number of amides is 1. The Balaban J connectivity index is 2.25. The van der Waals surface area contributed by atoms with Gasteiger partial charge in [-0.2, -0.15) is 0 Å². The molecule has 0 saturated carbocycles. The van der Waals surface area contributed by atoms with Crippen LogP contribution in [0, 0.1) is 13.8 Å². The Kier molecular flexibility index (Phi) is 4.39. The smallest absolute Gasteiger partial charge is 0.263 e. The van der Waals surface area contributed by atoms with Gasteiger partial charge in [-0.05, 0) is 43.8 Å². The number of nitrogens with one attached hydrogen (secondary N) is 1. The van der Waals surface area contributed by atoms with Gasteiger partial charge in [-0.25, -0.2) is 0 Å². The monoisotopic (exact) mass is 278 g/mol. The molecule has 0 aliphatic carbocycles. The largest absolute Gasteiger partial charge is 0.396 e. The van der Waals surface area contributed by atoms with E-state index in [4.69, 9.17) is 5.11 Å². The minimum atomic E-state index is -0.0778. The fraction of sp³-hybridized carbons (Fsp3) is 0.357. The molecule has 0 fully saturated rings. The van der Waals surface area contributed by atoms with Crippen LogP contribution in [0.3, 0.4) is 0 Å². The molecule has 0 spiro atoms. The van der Waals surface area contributed by atoms with Gasteiger partial charge in [0.05, 0.1) is 5.69 Å². The number of aliphatic hydroxyl groups excluding tert-OH is 1. The van der Waals surface area contributed by atoms with E-state index in [2.05, 4.69) is 9.88 Å². The molecule has 0 aliphatic heterocycles. The summed E-state index contributed by atoms with van der Waals surface area (Å²) in [4.78, 5) is 12.8. The van der Waals surface area contributed by atoms with Crippen LogP contribution in [-0.2, 0) is 0 Å². The highest BCUT2D eigenvalue weighted by atomic mass is 32.1. The number of aryl methyl sites for hydroxylation is 2. The highest BCUT2D eigenvalue weighted by Gasteiger charge is 2.16. The Hall–Kier alpha value is -1.59. The molecular formula is C14H18N2O2S. The zero-order chi connectivity index (χ0) is 13.8. The number of hydrogen-bond acceptors (Lipinski definition) is 3. The van der Waals surface area contributed by atoms with E-state index in [-0.39, 0.29) is 12.5 Å². The van der Waals surface area contributed by atoms with Gasteiger partial charge in [0.25, 0.3) is 5.91 Å². The van der Waals surface area contributed by atoms with Gasteiger partial charge in [0, 0.05) is 24.5 Å². The summed E-state index contributed by atoms with van der Waals surface area (Å²) in [5.74, 6) is -0.0778. The van der Waals surface area contributed by atoms with Crippen LogP contribution in [0.2, 0.25) is 0 Å². The van der Waals surface area contributed by atoms with Gasteiger partial charge in [0.1, 0.15) is 4.88 Å². The number of carbonyl (C=O) groups is 1. The quantitative estimate of drug-likeness (QED) is 0.824. The molecule has 19 heavy (non-hydrogen) atoms. The maximum atomic E-state index is 12.1. The van der Waals surface area contributed by atoms with Crippen molar-refractivity contribution >= 4 is 17.2 Å². The second-order valence-electron chi connectivity index (χ2n) is 4.42. The maximum Gasteiger partial charge on any atom is 0.263 e. The Morgan fingerprint density at radius 2 is 2.00 bits per heavy atom. The third kappa shape index (κ3) is 2.88. The zero-order valence-electron chi connectivity index (χ0n) is 11.1. The van der Waals surface area contributed by atoms with Crippen molar-refractivity contribution < 1.29 is 9.90 Å². The molecule has 2 aromatic rings. The molecule has 0 aliphatic rings. The van der Waals surface area contributed by atoms with Crippen LogP contribution < -0.4 is 5.32 Å². The van der Waals surface area contributed by atoms with E-state index in [1.807, 2.05) is 37.4 Å². The minimum absolute atomic E-state index is 0.0778. The van der Waals surface area contributed by atoms with Crippen LogP contribution in [0.4, 0.5) is 0 Å². The molecule has 1 amide bonds. The van der Waals surface area contributed by atoms with Crippen molar-refractivity contribution in [3.63, 3.8) is 0 Å². The molecule has 0 radical (unpaired) electrons. The highest BCUT2D eigenvalue weighted by Crippen LogP contribution is 2.24. The van der Waals surface area contributed by atoms with Gasteiger partial charge in [-0.15, -0.1) is 11.3 Å². The Labute approximate surface area is 116 Å². The zero-order valence-corrected chi connectivity index (χ0v) is 12.0. The van der Waals surface area contributed by atoms with Gasteiger partial charge in [-0.3, -0.25) is 4.79 Å². The minimum Gasteiger partial charge on any atom is -0.396 e. The first-order chi connectivity index (χ1) is 9.15. The van der Waals surface area contributed by atoms with Crippen LogP contribution >= 0.6 is 11.3 Å². The summed E-state index contributed by atoms with van der Waals surface area (Å²) in [6, 6.07) is 6.05. The predicted molar refractivity (Wildman–Crippen MR) is 77.2 cm³/mol. The lowest BCUT2D eigenvalue weighted by atomic mass is 10.3. The topological polar surface area (TPSA) is 54.3 Å².